The Morgan fingerprint density at radius 1 is 1.30 bits per heavy atom. The third kappa shape index (κ3) is 3.14. The lowest BCUT2D eigenvalue weighted by molar-refractivity contribution is -0.122. The minimum atomic E-state index is 0.0813. The van der Waals surface area contributed by atoms with Gasteiger partial charge in [0.25, 0.3) is 0 Å². The third-order valence-corrected chi connectivity index (χ3v) is 4.63. The van der Waals surface area contributed by atoms with Gasteiger partial charge in [-0.15, -0.1) is 0 Å². The van der Waals surface area contributed by atoms with E-state index in [2.05, 4.69) is 15.5 Å². The molecule has 108 valence electrons. The van der Waals surface area contributed by atoms with Crippen molar-refractivity contribution in [3.05, 3.63) is 34.9 Å². The van der Waals surface area contributed by atoms with Crippen molar-refractivity contribution in [3.8, 4) is 0 Å². The molecular weight excluding hydrogens is 274 g/mol. The molecular formula is C15H20ClN3O. The highest BCUT2D eigenvalue weighted by Crippen LogP contribution is 2.25. The number of amides is 1. The first-order valence-electron chi connectivity index (χ1n) is 7.15. The number of benzene rings is 1. The Bertz CT molecular complexity index is 482. The Morgan fingerprint density at radius 2 is 2.00 bits per heavy atom. The van der Waals surface area contributed by atoms with Gasteiger partial charge in [0, 0.05) is 24.7 Å². The van der Waals surface area contributed by atoms with Gasteiger partial charge in [0.2, 0.25) is 5.91 Å². The van der Waals surface area contributed by atoms with Gasteiger partial charge in [0.05, 0.1) is 6.54 Å². The molecule has 0 radical (unpaired) electrons. The molecule has 4 nitrogen and oxygen atoms in total. The van der Waals surface area contributed by atoms with Crippen molar-refractivity contribution in [2.45, 2.75) is 6.54 Å². The van der Waals surface area contributed by atoms with E-state index in [1.807, 2.05) is 24.3 Å². The topological polar surface area (TPSA) is 44.4 Å². The number of hydrogen-bond donors (Lipinski definition) is 2. The fourth-order valence-corrected chi connectivity index (χ4v) is 3.38. The highest BCUT2D eigenvalue weighted by Gasteiger charge is 2.36. The van der Waals surface area contributed by atoms with Crippen LogP contribution in [0.3, 0.4) is 0 Å². The molecule has 0 saturated carbocycles. The zero-order valence-electron chi connectivity index (χ0n) is 11.4. The molecule has 0 aromatic heterocycles. The van der Waals surface area contributed by atoms with Crippen LogP contribution in [0.1, 0.15) is 5.56 Å². The van der Waals surface area contributed by atoms with Crippen LogP contribution in [0.15, 0.2) is 24.3 Å². The van der Waals surface area contributed by atoms with Crippen LogP contribution in [0.5, 0.6) is 0 Å². The zero-order valence-corrected chi connectivity index (χ0v) is 12.2. The highest BCUT2D eigenvalue weighted by molar-refractivity contribution is 6.31. The van der Waals surface area contributed by atoms with Crippen molar-refractivity contribution >= 4 is 17.5 Å². The summed E-state index contributed by atoms with van der Waals surface area (Å²) in [4.78, 5) is 14.3. The van der Waals surface area contributed by atoms with Crippen LogP contribution in [0.25, 0.3) is 0 Å². The molecule has 2 aliphatic heterocycles. The van der Waals surface area contributed by atoms with Crippen LogP contribution in [-0.2, 0) is 11.3 Å². The second-order valence-electron chi connectivity index (χ2n) is 5.74. The van der Waals surface area contributed by atoms with Crippen LogP contribution in [-0.4, -0.2) is 43.5 Å². The first kappa shape index (κ1) is 13.9. The summed E-state index contributed by atoms with van der Waals surface area (Å²) in [6.07, 6.45) is 0. The molecule has 1 aromatic rings. The second kappa shape index (κ2) is 6.12. The molecule has 0 aliphatic carbocycles. The van der Waals surface area contributed by atoms with E-state index in [9.17, 15) is 4.79 Å². The fraction of sp³-hybridized carbons (Fsp3) is 0.533. The van der Waals surface area contributed by atoms with Gasteiger partial charge in [0.1, 0.15) is 0 Å². The van der Waals surface area contributed by atoms with E-state index in [1.165, 1.54) is 0 Å². The summed E-state index contributed by atoms with van der Waals surface area (Å²) in [5, 5.41) is 7.06. The maximum atomic E-state index is 12.0. The lowest BCUT2D eigenvalue weighted by Crippen LogP contribution is -2.37. The van der Waals surface area contributed by atoms with E-state index < -0.39 is 0 Å². The number of rotatable bonds is 4. The Hall–Kier alpha value is -1.10. The van der Waals surface area contributed by atoms with Crippen LogP contribution in [0.4, 0.5) is 0 Å². The van der Waals surface area contributed by atoms with Crippen molar-refractivity contribution in [3.63, 3.8) is 0 Å². The van der Waals surface area contributed by atoms with Crippen molar-refractivity contribution in [2.75, 3.05) is 32.7 Å². The number of hydrogen-bond acceptors (Lipinski definition) is 3. The van der Waals surface area contributed by atoms with Crippen LogP contribution in [0, 0.1) is 11.8 Å². The number of carbonyl (C=O) groups excluding carboxylic acids is 1. The van der Waals surface area contributed by atoms with Gasteiger partial charge in [-0.2, -0.15) is 0 Å². The van der Waals surface area contributed by atoms with Crippen LogP contribution < -0.4 is 10.6 Å². The van der Waals surface area contributed by atoms with Crippen LogP contribution >= 0.6 is 11.6 Å². The standard InChI is InChI=1S/C15H20ClN3O/c16-14-4-2-1-3-11(14)7-18-15(20)10-19-8-12-5-17-6-13(12)9-19/h1-4,12-13,17H,5-10H2,(H,18,20)/t12-,13+. The van der Waals surface area contributed by atoms with Crippen molar-refractivity contribution in [1.82, 2.24) is 15.5 Å². The molecule has 1 aromatic carbocycles. The summed E-state index contributed by atoms with van der Waals surface area (Å²) in [5.41, 5.74) is 0.963. The molecule has 2 fully saturated rings. The molecule has 2 N–H and O–H groups in total. The van der Waals surface area contributed by atoms with Gasteiger partial charge in [-0.05, 0) is 36.6 Å². The first-order valence-corrected chi connectivity index (χ1v) is 7.53. The van der Waals surface area contributed by atoms with Crippen molar-refractivity contribution in [2.24, 2.45) is 11.8 Å². The molecule has 20 heavy (non-hydrogen) atoms. The molecule has 1 amide bonds. The predicted molar refractivity (Wildman–Crippen MR) is 79.6 cm³/mol. The van der Waals surface area contributed by atoms with E-state index in [4.69, 9.17) is 11.6 Å². The Kier molecular flexibility index (Phi) is 4.24. The molecule has 2 aliphatic rings. The second-order valence-corrected chi connectivity index (χ2v) is 6.15. The summed E-state index contributed by atoms with van der Waals surface area (Å²) in [6.45, 7) is 5.28. The maximum absolute atomic E-state index is 12.0. The van der Waals surface area contributed by atoms with Crippen molar-refractivity contribution < 1.29 is 4.79 Å². The molecule has 2 saturated heterocycles. The number of nitrogens with one attached hydrogen (secondary N) is 2. The van der Waals surface area contributed by atoms with E-state index in [0.717, 1.165) is 43.6 Å². The van der Waals surface area contributed by atoms with Gasteiger partial charge >= 0.3 is 0 Å². The highest BCUT2D eigenvalue weighted by atomic mass is 35.5. The fourth-order valence-electron chi connectivity index (χ4n) is 3.18. The lowest BCUT2D eigenvalue weighted by Gasteiger charge is -2.16. The van der Waals surface area contributed by atoms with Crippen molar-refractivity contribution in [1.29, 1.82) is 0 Å². The molecule has 0 spiro atoms. The monoisotopic (exact) mass is 293 g/mol. The first-order chi connectivity index (χ1) is 9.72. The summed E-state index contributed by atoms with van der Waals surface area (Å²) in [7, 11) is 0. The lowest BCUT2D eigenvalue weighted by atomic mass is 10.0. The normalized spacial score (nSPS) is 25.6. The van der Waals surface area contributed by atoms with E-state index in [0.29, 0.717) is 18.1 Å². The minimum absolute atomic E-state index is 0.0813. The van der Waals surface area contributed by atoms with E-state index in [1.54, 1.807) is 0 Å². The number of halogens is 1. The largest absolute Gasteiger partial charge is 0.351 e. The number of fused-ring (bicyclic) bond motifs is 1. The molecule has 2 heterocycles. The SMILES string of the molecule is O=C(CN1C[C@H]2CNC[C@H]2C1)NCc1ccccc1Cl. The Morgan fingerprint density at radius 3 is 2.70 bits per heavy atom. The van der Waals surface area contributed by atoms with Gasteiger partial charge in [-0.25, -0.2) is 0 Å². The molecule has 0 unspecified atom stereocenters. The number of nitrogens with zero attached hydrogens (tertiary/aromatic N) is 1. The maximum Gasteiger partial charge on any atom is 0.234 e. The minimum Gasteiger partial charge on any atom is -0.351 e. The zero-order chi connectivity index (χ0) is 13.9. The van der Waals surface area contributed by atoms with E-state index in [-0.39, 0.29) is 5.91 Å². The molecule has 0 bridgehead atoms. The van der Waals surface area contributed by atoms with Gasteiger partial charge in [-0.3, -0.25) is 9.69 Å². The average molecular weight is 294 g/mol. The molecule has 5 heteroatoms. The number of carbonyl (C=O) groups is 1. The molecule has 3 rings (SSSR count). The molecule has 2 atom stereocenters. The summed E-state index contributed by atoms with van der Waals surface area (Å²) in [5.74, 6) is 1.54. The van der Waals surface area contributed by atoms with Gasteiger partial charge in [0.15, 0.2) is 0 Å². The summed E-state index contributed by atoms with van der Waals surface area (Å²) >= 11 is 6.07. The predicted octanol–water partition coefficient (Wildman–Crippen LogP) is 1.11. The average Bonchev–Trinajstić information content (AvgIpc) is 2.98. The Balaban J connectivity index is 1.45. The number of likely N-dealkylation sites (tertiary alicyclic amines) is 1. The quantitative estimate of drug-likeness (QED) is 0.874. The van der Waals surface area contributed by atoms with Crippen LogP contribution in [0.2, 0.25) is 5.02 Å². The smallest absolute Gasteiger partial charge is 0.234 e. The summed E-state index contributed by atoms with van der Waals surface area (Å²) < 4.78 is 0. The van der Waals surface area contributed by atoms with Gasteiger partial charge in [-0.1, -0.05) is 29.8 Å². The van der Waals surface area contributed by atoms with E-state index >= 15 is 0 Å². The Labute approximate surface area is 124 Å². The van der Waals surface area contributed by atoms with Gasteiger partial charge < -0.3 is 10.6 Å². The third-order valence-electron chi connectivity index (χ3n) is 4.27. The summed E-state index contributed by atoms with van der Waals surface area (Å²) in [6, 6.07) is 7.61.